The maximum Gasteiger partial charge on any atom is 0.248 e. The Morgan fingerprint density at radius 3 is 2.61 bits per heavy atom. The van der Waals surface area contributed by atoms with Crippen molar-refractivity contribution in [3.63, 3.8) is 0 Å². The highest BCUT2D eigenvalue weighted by atomic mass is 16.5. The first-order chi connectivity index (χ1) is 13.5. The minimum atomic E-state index is -1.13. The number of carbonyl (C=O) groups excluding carboxylic acids is 1. The van der Waals surface area contributed by atoms with Crippen LogP contribution in [0.4, 0.5) is 5.69 Å². The fraction of sp³-hybridized carbons (Fsp3) is 0.286. The molecule has 0 radical (unpaired) electrons. The average Bonchev–Trinajstić information content (AvgIpc) is 3.46. The van der Waals surface area contributed by atoms with Crippen LogP contribution >= 0.6 is 0 Å². The molecular weight excluding hydrogens is 356 g/mol. The lowest BCUT2D eigenvalue weighted by Crippen LogP contribution is -2.45. The summed E-state index contributed by atoms with van der Waals surface area (Å²) in [6, 6.07) is 16.3. The van der Waals surface area contributed by atoms with E-state index in [0.29, 0.717) is 29.1 Å². The maximum atomic E-state index is 12.6. The van der Waals surface area contributed by atoms with Crippen LogP contribution in [0, 0.1) is 0 Å². The van der Waals surface area contributed by atoms with E-state index in [1.165, 1.54) is 0 Å². The monoisotopic (exact) mass is 378 g/mol. The molecule has 0 bridgehead atoms. The van der Waals surface area contributed by atoms with Crippen LogP contribution in [0.1, 0.15) is 43.0 Å². The number of anilines is 1. The third-order valence-corrected chi connectivity index (χ3v) is 4.74. The topological polar surface area (TPSA) is 103 Å². The van der Waals surface area contributed by atoms with Gasteiger partial charge in [-0.25, -0.2) is 0 Å². The summed E-state index contributed by atoms with van der Waals surface area (Å²) in [5.41, 5.74) is 6.50. The minimum absolute atomic E-state index is 0.233. The first-order valence-electron chi connectivity index (χ1n) is 9.23. The Morgan fingerprint density at radius 1 is 1.21 bits per heavy atom. The third kappa shape index (κ3) is 4.04. The number of nitrogens with zero attached hydrogens (tertiary/aromatic N) is 2. The Balaban J connectivity index is 1.34. The predicted octanol–water partition coefficient (Wildman–Crippen LogP) is 3.34. The summed E-state index contributed by atoms with van der Waals surface area (Å²) in [7, 11) is 0. The van der Waals surface area contributed by atoms with Crippen LogP contribution in [-0.4, -0.2) is 16.0 Å². The van der Waals surface area contributed by atoms with Gasteiger partial charge in [0.2, 0.25) is 17.6 Å². The Labute approximate surface area is 162 Å². The molecule has 1 atom stereocenters. The van der Waals surface area contributed by atoms with Gasteiger partial charge in [-0.3, -0.25) is 4.79 Å². The van der Waals surface area contributed by atoms with Gasteiger partial charge in [-0.1, -0.05) is 35.5 Å². The summed E-state index contributed by atoms with van der Waals surface area (Å²) in [6.07, 6.45) is 2.23. The molecule has 1 saturated carbocycles. The fourth-order valence-corrected chi connectivity index (χ4v) is 2.78. The third-order valence-electron chi connectivity index (χ3n) is 4.74. The van der Waals surface area contributed by atoms with Crippen LogP contribution in [0.2, 0.25) is 0 Å². The number of hydrogen-bond acceptors (Lipinski definition) is 6. The molecule has 1 aliphatic carbocycles. The minimum Gasteiger partial charge on any atom is -0.485 e. The second-order valence-electron chi connectivity index (χ2n) is 7.16. The Kier molecular flexibility index (Phi) is 4.83. The molecule has 1 aliphatic rings. The van der Waals surface area contributed by atoms with Crippen molar-refractivity contribution < 1.29 is 14.1 Å². The first-order valence-corrected chi connectivity index (χ1v) is 9.23. The van der Waals surface area contributed by atoms with Gasteiger partial charge in [0.1, 0.15) is 11.3 Å². The molecule has 4 rings (SSSR count). The normalized spacial score (nSPS) is 15.6. The van der Waals surface area contributed by atoms with Crippen LogP contribution in [0.25, 0.3) is 0 Å². The molecule has 1 amide bonds. The number of benzene rings is 2. The molecule has 1 unspecified atom stereocenters. The SMILES string of the molecule is CC(N)(C(=O)Nc1ccc(OCc2noc(C3CC3)n2)cc1)c1ccccc1. The number of rotatable bonds is 7. The molecule has 7 nitrogen and oxygen atoms in total. The second kappa shape index (κ2) is 7.44. The van der Waals surface area contributed by atoms with Crippen LogP contribution in [0.15, 0.2) is 59.1 Å². The lowest BCUT2D eigenvalue weighted by Gasteiger charge is -2.24. The number of nitrogens with two attached hydrogens (primary N) is 1. The summed E-state index contributed by atoms with van der Waals surface area (Å²) >= 11 is 0. The number of carbonyl (C=O) groups is 1. The lowest BCUT2D eigenvalue weighted by atomic mass is 9.92. The maximum absolute atomic E-state index is 12.6. The van der Waals surface area contributed by atoms with E-state index in [1.807, 2.05) is 30.3 Å². The molecule has 3 aromatic rings. The summed E-state index contributed by atoms with van der Waals surface area (Å²) in [4.78, 5) is 16.9. The van der Waals surface area contributed by atoms with E-state index in [4.69, 9.17) is 15.0 Å². The number of hydrogen-bond donors (Lipinski definition) is 2. The van der Waals surface area contributed by atoms with Gasteiger partial charge in [0.25, 0.3) is 0 Å². The van der Waals surface area contributed by atoms with Gasteiger partial charge in [0.05, 0.1) is 0 Å². The van der Waals surface area contributed by atoms with E-state index in [9.17, 15) is 4.79 Å². The highest BCUT2D eigenvalue weighted by Gasteiger charge is 2.30. The molecule has 1 heterocycles. The van der Waals surface area contributed by atoms with Gasteiger partial charge in [-0.15, -0.1) is 0 Å². The van der Waals surface area contributed by atoms with Gasteiger partial charge in [-0.05, 0) is 49.6 Å². The molecular formula is C21H22N4O3. The van der Waals surface area contributed by atoms with Crippen molar-refractivity contribution in [3.05, 3.63) is 71.9 Å². The van der Waals surface area contributed by atoms with E-state index in [2.05, 4.69) is 15.5 Å². The Bertz CT molecular complexity index is 947. The molecule has 3 N–H and O–H groups in total. The zero-order valence-electron chi connectivity index (χ0n) is 15.6. The molecule has 7 heteroatoms. The molecule has 144 valence electrons. The fourth-order valence-electron chi connectivity index (χ4n) is 2.78. The highest BCUT2D eigenvalue weighted by Crippen LogP contribution is 2.38. The van der Waals surface area contributed by atoms with Crippen molar-refractivity contribution in [3.8, 4) is 5.75 Å². The van der Waals surface area contributed by atoms with Gasteiger partial charge in [0.15, 0.2) is 6.61 Å². The van der Waals surface area contributed by atoms with E-state index >= 15 is 0 Å². The van der Waals surface area contributed by atoms with E-state index in [-0.39, 0.29) is 12.5 Å². The Morgan fingerprint density at radius 2 is 1.93 bits per heavy atom. The summed E-state index contributed by atoms with van der Waals surface area (Å²) in [5.74, 6) is 2.01. The van der Waals surface area contributed by atoms with Crippen molar-refractivity contribution in [1.82, 2.24) is 10.1 Å². The standard InChI is InChI=1S/C21H22N4O3/c1-21(22,15-5-3-2-4-6-15)20(26)23-16-9-11-17(12-10-16)27-13-18-24-19(28-25-18)14-7-8-14/h2-6,9-12,14H,7-8,13,22H2,1H3,(H,23,26). The molecule has 0 saturated heterocycles. The number of nitrogens with one attached hydrogen (secondary N) is 1. The van der Waals surface area contributed by atoms with Crippen molar-refractivity contribution in [1.29, 1.82) is 0 Å². The van der Waals surface area contributed by atoms with E-state index < -0.39 is 5.54 Å². The summed E-state index contributed by atoms with van der Waals surface area (Å²) < 4.78 is 10.9. The first kappa shape index (κ1) is 18.2. The lowest BCUT2D eigenvalue weighted by molar-refractivity contribution is -0.120. The van der Waals surface area contributed by atoms with Gasteiger partial charge >= 0.3 is 0 Å². The van der Waals surface area contributed by atoms with Crippen LogP contribution in [0.5, 0.6) is 5.75 Å². The average molecular weight is 378 g/mol. The van der Waals surface area contributed by atoms with Crippen LogP contribution in [0.3, 0.4) is 0 Å². The molecule has 0 aliphatic heterocycles. The summed E-state index contributed by atoms with van der Waals surface area (Å²) in [6.45, 7) is 1.92. The zero-order valence-corrected chi connectivity index (χ0v) is 15.6. The number of ether oxygens (including phenoxy) is 1. The second-order valence-corrected chi connectivity index (χ2v) is 7.16. The largest absolute Gasteiger partial charge is 0.485 e. The number of amides is 1. The molecule has 1 fully saturated rings. The number of aromatic nitrogens is 2. The van der Waals surface area contributed by atoms with Gasteiger partial charge in [0, 0.05) is 11.6 Å². The van der Waals surface area contributed by atoms with E-state index in [0.717, 1.165) is 18.4 Å². The molecule has 2 aromatic carbocycles. The van der Waals surface area contributed by atoms with Crippen molar-refractivity contribution in [2.75, 3.05) is 5.32 Å². The Hall–Kier alpha value is -3.19. The van der Waals surface area contributed by atoms with Gasteiger partial charge in [-0.2, -0.15) is 4.98 Å². The molecule has 28 heavy (non-hydrogen) atoms. The quantitative estimate of drug-likeness (QED) is 0.654. The van der Waals surface area contributed by atoms with Crippen molar-refractivity contribution >= 4 is 11.6 Å². The van der Waals surface area contributed by atoms with Crippen molar-refractivity contribution in [2.45, 2.75) is 37.8 Å². The van der Waals surface area contributed by atoms with Crippen molar-refractivity contribution in [2.24, 2.45) is 5.73 Å². The predicted molar refractivity (Wildman–Crippen MR) is 104 cm³/mol. The van der Waals surface area contributed by atoms with Gasteiger partial charge < -0.3 is 20.3 Å². The summed E-state index contributed by atoms with van der Waals surface area (Å²) in [5, 5.41) is 6.77. The van der Waals surface area contributed by atoms with E-state index in [1.54, 1.807) is 31.2 Å². The van der Waals surface area contributed by atoms with Crippen LogP contribution < -0.4 is 15.8 Å². The molecule has 0 spiro atoms. The van der Waals surface area contributed by atoms with Crippen LogP contribution in [-0.2, 0) is 16.9 Å². The zero-order chi connectivity index (χ0) is 19.6. The smallest absolute Gasteiger partial charge is 0.248 e. The molecule has 1 aromatic heterocycles. The highest BCUT2D eigenvalue weighted by molar-refractivity contribution is 5.98.